The van der Waals surface area contributed by atoms with Gasteiger partial charge in [0, 0.05) is 0 Å². The highest BCUT2D eigenvalue weighted by atomic mass is 16.5. The van der Waals surface area contributed by atoms with E-state index in [1.54, 1.807) is 18.2 Å². The minimum atomic E-state index is 0.624. The highest BCUT2D eigenvalue weighted by Gasteiger charge is 1.99. The number of benzene rings is 1. The van der Waals surface area contributed by atoms with Crippen molar-refractivity contribution in [2.45, 2.75) is 6.92 Å². The van der Waals surface area contributed by atoms with Crippen LogP contribution in [0, 0.1) is 11.3 Å². The van der Waals surface area contributed by atoms with Gasteiger partial charge < -0.3 is 4.74 Å². The van der Waals surface area contributed by atoms with Crippen molar-refractivity contribution < 1.29 is 4.74 Å². The Kier molecular flexibility index (Phi) is 3.10. The fourth-order valence-corrected chi connectivity index (χ4v) is 1.07. The van der Waals surface area contributed by atoms with Crippen LogP contribution in [0.5, 0.6) is 5.75 Å². The molecule has 1 aromatic carbocycles. The van der Waals surface area contributed by atoms with E-state index in [1.807, 2.05) is 13.0 Å². The van der Waals surface area contributed by atoms with Gasteiger partial charge in [0.25, 0.3) is 0 Å². The summed E-state index contributed by atoms with van der Waals surface area (Å²) in [4.78, 5) is 0. The number of hydrogen-bond acceptors (Lipinski definition) is 2. The summed E-state index contributed by atoms with van der Waals surface area (Å²) in [5.41, 5.74) is 1.44. The molecule has 0 spiro atoms. The predicted molar refractivity (Wildman–Crippen MR) is 52.4 cm³/mol. The summed E-state index contributed by atoms with van der Waals surface area (Å²) in [7, 11) is 0. The number of rotatable bonds is 3. The van der Waals surface area contributed by atoms with Crippen LogP contribution in [0.4, 0.5) is 0 Å². The topological polar surface area (TPSA) is 33.0 Å². The van der Waals surface area contributed by atoms with Crippen LogP contribution in [-0.2, 0) is 0 Å². The quantitative estimate of drug-likeness (QED) is 0.703. The third kappa shape index (κ3) is 2.09. The van der Waals surface area contributed by atoms with Crippen molar-refractivity contribution in [1.82, 2.24) is 0 Å². The Bertz CT molecular complexity index is 350. The van der Waals surface area contributed by atoms with E-state index in [4.69, 9.17) is 10.00 Å². The van der Waals surface area contributed by atoms with Gasteiger partial charge in [-0.3, -0.25) is 0 Å². The van der Waals surface area contributed by atoms with Crippen molar-refractivity contribution in [2.24, 2.45) is 0 Å². The van der Waals surface area contributed by atoms with Gasteiger partial charge in [0.05, 0.1) is 18.2 Å². The molecule has 0 saturated carbocycles. The molecular formula is C11H11NO. The van der Waals surface area contributed by atoms with Crippen molar-refractivity contribution in [3.05, 3.63) is 35.9 Å². The molecule has 0 amide bonds. The van der Waals surface area contributed by atoms with E-state index in [1.165, 1.54) is 0 Å². The predicted octanol–water partition coefficient (Wildman–Crippen LogP) is 2.60. The van der Waals surface area contributed by atoms with Gasteiger partial charge in [-0.1, -0.05) is 12.7 Å². The molecule has 1 rings (SSSR count). The van der Waals surface area contributed by atoms with E-state index in [0.29, 0.717) is 12.2 Å². The molecular weight excluding hydrogens is 162 g/mol. The van der Waals surface area contributed by atoms with Gasteiger partial charge >= 0.3 is 0 Å². The molecule has 66 valence electrons. The first kappa shape index (κ1) is 9.34. The highest BCUT2D eigenvalue weighted by molar-refractivity contribution is 5.58. The maximum absolute atomic E-state index is 8.73. The number of nitriles is 1. The van der Waals surface area contributed by atoms with Crippen LogP contribution >= 0.6 is 0 Å². The number of ether oxygens (including phenoxy) is 1. The van der Waals surface area contributed by atoms with Crippen molar-refractivity contribution in [2.75, 3.05) is 6.61 Å². The normalized spacial score (nSPS) is 8.92. The molecule has 13 heavy (non-hydrogen) atoms. The number of nitrogens with zero attached hydrogens (tertiary/aromatic N) is 1. The van der Waals surface area contributed by atoms with E-state index in [9.17, 15) is 0 Å². The summed E-state index contributed by atoms with van der Waals surface area (Å²) in [6.07, 6.45) is 1.65. The zero-order valence-corrected chi connectivity index (χ0v) is 7.58. The van der Waals surface area contributed by atoms with E-state index < -0.39 is 0 Å². The van der Waals surface area contributed by atoms with Crippen molar-refractivity contribution in [3.8, 4) is 11.8 Å². The van der Waals surface area contributed by atoms with E-state index in [0.717, 1.165) is 11.3 Å². The molecule has 0 bridgehead atoms. The summed E-state index contributed by atoms with van der Waals surface area (Å²) >= 11 is 0. The lowest BCUT2D eigenvalue weighted by molar-refractivity contribution is 0.340. The lowest BCUT2D eigenvalue weighted by atomic mass is 10.1. The van der Waals surface area contributed by atoms with Crippen molar-refractivity contribution in [3.63, 3.8) is 0 Å². The second kappa shape index (κ2) is 4.32. The first-order valence-corrected chi connectivity index (χ1v) is 4.11. The molecule has 1 aromatic rings. The fraction of sp³-hybridized carbons (Fsp3) is 0.182. The molecule has 2 heteroatoms. The van der Waals surface area contributed by atoms with Crippen LogP contribution < -0.4 is 4.74 Å². The summed E-state index contributed by atoms with van der Waals surface area (Å²) in [6, 6.07) is 7.43. The minimum absolute atomic E-state index is 0.624. The average molecular weight is 173 g/mol. The van der Waals surface area contributed by atoms with Crippen molar-refractivity contribution >= 4 is 6.08 Å². The van der Waals surface area contributed by atoms with Gasteiger partial charge in [-0.25, -0.2) is 0 Å². The van der Waals surface area contributed by atoms with Crippen LogP contribution in [-0.4, -0.2) is 6.61 Å². The summed E-state index contributed by atoms with van der Waals surface area (Å²) in [6.45, 7) is 6.18. The maximum atomic E-state index is 8.73. The Hall–Kier alpha value is -1.75. The molecule has 2 nitrogen and oxygen atoms in total. The standard InChI is InChI=1S/C11H11NO/c1-3-9-7-11(13-4-2)6-5-10(9)8-12/h3,5-7H,1,4H2,2H3. The molecule has 0 aliphatic rings. The summed E-state index contributed by atoms with van der Waals surface area (Å²) in [5.74, 6) is 0.774. The summed E-state index contributed by atoms with van der Waals surface area (Å²) < 4.78 is 5.29. The lowest BCUT2D eigenvalue weighted by Gasteiger charge is -2.04. The SMILES string of the molecule is C=Cc1cc(OCC)ccc1C#N. The van der Waals surface area contributed by atoms with Gasteiger partial charge in [0.15, 0.2) is 0 Å². The Morgan fingerprint density at radius 3 is 2.92 bits per heavy atom. The largest absolute Gasteiger partial charge is 0.494 e. The Balaban J connectivity index is 3.07. The maximum Gasteiger partial charge on any atom is 0.119 e. The van der Waals surface area contributed by atoms with Gasteiger partial charge in [-0.05, 0) is 30.7 Å². The average Bonchev–Trinajstić information content (AvgIpc) is 2.18. The second-order valence-corrected chi connectivity index (χ2v) is 2.50. The van der Waals surface area contributed by atoms with Gasteiger partial charge in [0.1, 0.15) is 5.75 Å². The fourth-order valence-electron chi connectivity index (χ4n) is 1.07. The van der Waals surface area contributed by atoms with Crippen molar-refractivity contribution in [1.29, 1.82) is 5.26 Å². The minimum Gasteiger partial charge on any atom is -0.494 e. The van der Waals surface area contributed by atoms with Crippen LogP contribution in [0.15, 0.2) is 24.8 Å². The van der Waals surface area contributed by atoms with Crippen LogP contribution in [0.2, 0.25) is 0 Å². The monoisotopic (exact) mass is 173 g/mol. The van der Waals surface area contributed by atoms with Gasteiger partial charge in [0.2, 0.25) is 0 Å². The van der Waals surface area contributed by atoms with E-state index in [-0.39, 0.29) is 0 Å². The first-order chi connectivity index (χ1) is 6.31. The molecule has 0 saturated heterocycles. The van der Waals surface area contributed by atoms with Gasteiger partial charge in [-0.15, -0.1) is 0 Å². The molecule has 0 aliphatic heterocycles. The Labute approximate surface area is 78.1 Å². The van der Waals surface area contributed by atoms with E-state index >= 15 is 0 Å². The second-order valence-electron chi connectivity index (χ2n) is 2.50. The molecule has 0 aliphatic carbocycles. The zero-order chi connectivity index (χ0) is 9.68. The Morgan fingerprint density at radius 2 is 2.38 bits per heavy atom. The molecule has 0 unspecified atom stereocenters. The lowest BCUT2D eigenvalue weighted by Crippen LogP contribution is -1.92. The smallest absolute Gasteiger partial charge is 0.119 e. The Morgan fingerprint density at radius 1 is 1.62 bits per heavy atom. The molecule has 0 fully saturated rings. The van der Waals surface area contributed by atoms with Gasteiger partial charge in [-0.2, -0.15) is 5.26 Å². The third-order valence-corrected chi connectivity index (χ3v) is 1.67. The number of hydrogen-bond donors (Lipinski definition) is 0. The summed E-state index contributed by atoms with van der Waals surface area (Å²) in [5, 5.41) is 8.73. The first-order valence-electron chi connectivity index (χ1n) is 4.11. The molecule has 0 aromatic heterocycles. The van der Waals surface area contributed by atoms with E-state index in [2.05, 4.69) is 12.6 Å². The zero-order valence-electron chi connectivity index (χ0n) is 7.58. The van der Waals surface area contributed by atoms with Crippen LogP contribution in [0.25, 0.3) is 6.08 Å². The molecule has 0 heterocycles. The van der Waals surface area contributed by atoms with Crippen LogP contribution in [0.1, 0.15) is 18.1 Å². The molecule has 0 radical (unpaired) electrons. The van der Waals surface area contributed by atoms with Crippen LogP contribution in [0.3, 0.4) is 0 Å². The highest BCUT2D eigenvalue weighted by Crippen LogP contribution is 2.18. The molecule has 0 atom stereocenters. The third-order valence-electron chi connectivity index (χ3n) is 1.67. The molecule has 0 N–H and O–H groups in total.